The summed E-state index contributed by atoms with van der Waals surface area (Å²) in [5, 5.41) is 2.78. The molecule has 1 fully saturated rings. The molecule has 0 atom stereocenters. The Hall–Kier alpha value is -3.15. The number of halogens is 1. The lowest BCUT2D eigenvalue weighted by Gasteiger charge is -2.18. The van der Waals surface area contributed by atoms with Gasteiger partial charge in [0.2, 0.25) is 11.8 Å². The number of carbonyl (C=O) groups excluding carboxylic acids is 1. The fourth-order valence-corrected chi connectivity index (χ4v) is 3.46. The van der Waals surface area contributed by atoms with E-state index in [0.29, 0.717) is 23.0 Å². The zero-order valence-corrected chi connectivity index (χ0v) is 15.7. The average Bonchev–Trinajstić information content (AvgIpc) is 3.33. The molecule has 1 N–H and O–H groups in total. The number of hydrogen-bond donors (Lipinski definition) is 1. The van der Waals surface area contributed by atoms with Gasteiger partial charge in [0.1, 0.15) is 11.6 Å². The molecular weight excluding hydrogens is 357 g/mol. The van der Waals surface area contributed by atoms with Gasteiger partial charge in [0.05, 0.1) is 12.1 Å². The summed E-state index contributed by atoms with van der Waals surface area (Å²) in [6.07, 6.45) is 2.28. The first-order valence-corrected chi connectivity index (χ1v) is 9.45. The largest absolute Gasteiger partial charge is 0.441 e. The summed E-state index contributed by atoms with van der Waals surface area (Å²) in [6, 6.07) is 14.2. The van der Waals surface area contributed by atoms with Crippen LogP contribution in [-0.2, 0) is 11.2 Å². The molecule has 1 aliphatic heterocycles. The average molecular weight is 379 g/mol. The lowest BCUT2D eigenvalue weighted by molar-refractivity contribution is -0.115. The van der Waals surface area contributed by atoms with Crippen LogP contribution >= 0.6 is 0 Å². The van der Waals surface area contributed by atoms with E-state index in [2.05, 4.69) is 15.2 Å². The monoisotopic (exact) mass is 379 g/mol. The molecule has 0 saturated carbocycles. The zero-order valence-electron chi connectivity index (χ0n) is 15.7. The predicted molar refractivity (Wildman–Crippen MR) is 107 cm³/mol. The molecule has 0 aliphatic carbocycles. The van der Waals surface area contributed by atoms with E-state index < -0.39 is 0 Å². The first-order valence-electron chi connectivity index (χ1n) is 9.45. The lowest BCUT2D eigenvalue weighted by Crippen LogP contribution is -2.19. The Morgan fingerprint density at radius 1 is 1.18 bits per heavy atom. The second-order valence-electron chi connectivity index (χ2n) is 7.01. The van der Waals surface area contributed by atoms with Gasteiger partial charge in [-0.1, -0.05) is 18.2 Å². The van der Waals surface area contributed by atoms with E-state index in [1.807, 2.05) is 36.4 Å². The van der Waals surface area contributed by atoms with E-state index in [1.165, 1.54) is 12.1 Å². The maximum Gasteiger partial charge on any atom is 0.230 e. The topological polar surface area (TPSA) is 58.4 Å². The number of nitrogens with one attached hydrogen (secondary N) is 1. The van der Waals surface area contributed by atoms with Crippen LogP contribution in [0.2, 0.25) is 0 Å². The highest BCUT2D eigenvalue weighted by atomic mass is 19.1. The summed E-state index contributed by atoms with van der Waals surface area (Å²) in [6.45, 7) is 3.62. The van der Waals surface area contributed by atoms with E-state index in [9.17, 15) is 9.18 Å². The molecule has 1 aromatic heterocycles. The highest BCUT2D eigenvalue weighted by molar-refractivity contribution is 5.92. The second-order valence-corrected chi connectivity index (χ2v) is 7.01. The van der Waals surface area contributed by atoms with Crippen LogP contribution in [0.4, 0.5) is 15.8 Å². The molecule has 3 aromatic rings. The van der Waals surface area contributed by atoms with Crippen molar-refractivity contribution >= 4 is 17.3 Å². The van der Waals surface area contributed by atoms with Gasteiger partial charge in [-0.3, -0.25) is 4.79 Å². The summed E-state index contributed by atoms with van der Waals surface area (Å²) < 4.78 is 19.7. The van der Waals surface area contributed by atoms with Crippen molar-refractivity contribution in [3.63, 3.8) is 0 Å². The first kappa shape index (κ1) is 18.2. The summed E-state index contributed by atoms with van der Waals surface area (Å²) in [7, 11) is 0. The first-order chi connectivity index (χ1) is 13.6. The fraction of sp³-hybridized carbons (Fsp3) is 0.273. The standard InChI is InChI=1S/C22H22FN3O2/c1-15-20(25-22(28-15)16-7-3-2-4-8-16)14-21(27)24-18-11-17(23)12-19(13-18)26-9-5-6-10-26/h2-4,7-8,11-13H,5-6,9-10,14H2,1H3,(H,24,27). The van der Waals surface area contributed by atoms with Gasteiger partial charge in [0, 0.05) is 30.0 Å². The molecule has 144 valence electrons. The molecule has 1 saturated heterocycles. The minimum atomic E-state index is -0.358. The molecule has 1 aliphatic rings. The number of aryl methyl sites for hydroxylation is 1. The van der Waals surface area contributed by atoms with Crippen LogP contribution in [0.25, 0.3) is 11.5 Å². The van der Waals surface area contributed by atoms with E-state index in [1.54, 1.807) is 6.92 Å². The fourth-order valence-electron chi connectivity index (χ4n) is 3.46. The number of hydrogen-bond acceptors (Lipinski definition) is 4. The molecular formula is C22H22FN3O2. The molecule has 0 unspecified atom stereocenters. The van der Waals surface area contributed by atoms with Gasteiger partial charge in [-0.2, -0.15) is 0 Å². The molecule has 5 nitrogen and oxygen atoms in total. The number of benzene rings is 2. The maximum atomic E-state index is 14.0. The van der Waals surface area contributed by atoms with Gasteiger partial charge in [-0.25, -0.2) is 9.37 Å². The van der Waals surface area contributed by atoms with Gasteiger partial charge in [0.15, 0.2) is 0 Å². The van der Waals surface area contributed by atoms with E-state index in [-0.39, 0.29) is 18.1 Å². The van der Waals surface area contributed by atoms with Crippen LogP contribution in [0.3, 0.4) is 0 Å². The van der Waals surface area contributed by atoms with Crippen molar-refractivity contribution in [3.05, 3.63) is 65.8 Å². The van der Waals surface area contributed by atoms with E-state index in [4.69, 9.17) is 4.42 Å². The third kappa shape index (κ3) is 4.06. The molecule has 1 amide bonds. The molecule has 0 radical (unpaired) electrons. The van der Waals surface area contributed by atoms with Gasteiger partial charge >= 0.3 is 0 Å². The molecule has 4 rings (SSSR count). The minimum absolute atomic E-state index is 0.0672. The number of carbonyl (C=O) groups is 1. The summed E-state index contributed by atoms with van der Waals surface area (Å²) in [4.78, 5) is 19.1. The molecule has 2 heterocycles. The Morgan fingerprint density at radius 3 is 2.68 bits per heavy atom. The quantitative estimate of drug-likeness (QED) is 0.705. The summed E-state index contributed by atoms with van der Waals surface area (Å²) in [5.41, 5.74) is 2.69. The van der Waals surface area contributed by atoms with E-state index in [0.717, 1.165) is 37.2 Å². The molecule has 2 aromatic carbocycles. The number of nitrogens with zero attached hydrogens (tertiary/aromatic N) is 2. The number of aromatic nitrogens is 1. The smallest absolute Gasteiger partial charge is 0.230 e. The minimum Gasteiger partial charge on any atom is -0.441 e. The van der Waals surface area contributed by atoms with Gasteiger partial charge < -0.3 is 14.6 Å². The highest BCUT2D eigenvalue weighted by Gasteiger charge is 2.17. The Labute approximate surface area is 163 Å². The lowest BCUT2D eigenvalue weighted by atomic mass is 10.2. The Balaban J connectivity index is 1.47. The zero-order chi connectivity index (χ0) is 19.5. The van der Waals surface area contributed by atoms with Crippen molar-refractivity contribution in [2.45, 2.75) is 26.2 Å². The maximum absolute atomic E-state index is 14.0. The van der Waals surface area contributed by atoms with Gasteiger partial charge in [-0.15, -0.1) is 0 Å². The van der Waals surface area contributed by atoms with Crippen LogP contribution in [0, 0.1) is 12.7 Å². The number of oxazole rings is 1. The Kier molecular flexibility index (Phi) is 5.10. The second kappa shape index (κ2) is 7.84. The highest BCUT2D eigenvalue weighted by Crippen LogP contribution is 2.26. The van der Waals surface area contributed by atoms with Crippen molar-refractivity contribution in [1.82, 2.24) is 4.98 Å². The molecule has 0 bridgehead atoms. The van der Waals surface area contributed by atoms with Gasteiger partial charge in [0.25, 0.3) is 0 Å². The van der Waals surface area contributed by atoms with Crippen molar-refractivity contribution in [3.8, 4) is 11.5 Å². The molecule has 6 heteroatoms. The van der Waals surface area contributed by atoms with Crippen LogP contribution in [-0.4, -0.2) is 24.0 Å². The Morgan fingerprint density at radius 2 is 1.93 bits per heavy atom. The number of rotatable bonds is 5. The summed E-state index contributed by atoms with van der Waals surface area (Å²) in [5.74, 6) is 0.478. The SMILES string of the molecule is Cc1oc(-c2ccccc2)nc1CC(=O)Nc1cc(F)cc(N2CCCC2)c1. The third-order valence-electron chi connectivity index (χ3n) is 4.88. The van der Waals surface area contributed by atoms with Crippen LogP contribution in [0.15, 0.2) is 52.9 Å². The predicted octanol–water partition coefficient (Wildman–Crippen LogP) is 4.57. The van der Waals surface area contributed by atoms with Crippen molar-refractivity contribution in [2.75, 3.05) is 23.3 Å². The van der Waals surface area contributed by atoms with Crippen LogP contribution in [0.1, 0.15) is 24.3 Å². The van der Waals surface area contributed by atoms with Crippen LogP contribution < -0.4 is 10.2 Å². The van der Waals surface area contributed by atoms with Crippen LogP contribution in [0.5, 0.6) is 0 Å². The van der Waals surface area contributed by atoms with Crippen molar-refractivity contribution in [1.29, 1.82) is 0 Å². The number of amides is 1. The third-order valence-corrected chi connectivity index (χ3v) is 4.88. The van der Waals surface area contributed by atoms with Crippen molar-refractivity contribution in [2.24, 2.45) is 0 Å². The van der Waals surface area contributed by atoms with E-state index >= 15 is 0 Å². The Bertz CT molecular complexity index is 979. The summed E-state index contributed by atoms with van der Waals surface area (Å²) >= 11 is 0. The van der Waals surface area contributed by atoms with Crippen molar-refractivity contribution < 1.29 is 13.6 Å². The van der Waals surface area contributed by atoms with Gasteiger partial charge in [-0.05, 0) is 50.1 Å². The normalized spacial score (nSPS) is 13.7. The molecule has 28 heavy (non-hydrogen) atoms. The molecule has 0 spiro atoms. The number of anilines is 2.